The molecule has 1 heterocycles. The molecule has 0 aliphatic carbocycles. The van der Waals surface area contributed by atoms with Gasteiger partial charge >= 0.3 is 0 Å². The minimum atomic E-state index is 0.481. The third-order valence-electron chi connectivity index (χ3n) is 1.90. The first-order valence-electron chi connectivity index (χ1n) is 4.58. The van der Waals surface area contributed by atoms with E-state index >= 15 is 0 Å². The van der Waals surface area contributed by atoms with Gasteiger partial charge in [0, 0.05) is 10.7 Å². The van der Waals surface area contributed by atoms with Crippen LogP contribution < -0.4 is 4.74 Å². The van der Waals surface area contributed by atoms with E-state index in [2.05, 4.69) is 41.8 Å². The molecule has 1 aromatic heterocycles. The number of ether oxygens (including phenoxy) is 1. The average molecular weight is 344 g/mol. The van der Waals surface area contributed by atoms with Crippen molar-refractivity contribution in [1.82, 2.24) is 9.97 Å². The van der Waals surface area contributed by atoms with Crippen LogP contribution in [0.4, 0.5) is 0 Å². The first-order chi connectivity index (χ1) is 7.75. The van der Waals surface area contributed by atoms with Gasteiger partial charge in [0.25, 0.3) is 0 Å². The normalized spacial score (nSPS) is 10.1. The number of nitrogens with zero attached hydrogens (tertiary/aromatic N) is 2. The first-order valence-corrected chi connectivity index (χ1v) is 6.17. The van der Waals surface area contributed by atoms with E-state index in [1.165, 1.54) is 6.33 Å². The van der Waals surface area contributed by atoms with E-state index in [4.69, 9.17) is 4.74 Å². The van der Waals surface area contributed by atoms with E-state index in [0.717, 1.165) is 14.5 Å². The van der Waals surface area contributed by atoms with Gasteiger partial charge in [-0.25, -0.2) is 9.97 Å². The van der Waals surface area contributed by atoms with Crippen LogP contribution in [0.15, 0.2) is 45.7 Å². The molecule has 2 rings (SSSR count). The topological polar surface area (TPSA) is 35.0 Å². The molecule has 0 aliphatic rings. The maximum atomic E-state index is 5.56. The lowest BCUT2D eigenvalue weighted by Crippen LogP contribution is -1.98. The zero-order chi connectivity index (χ0) is 11.4. The maximum Gasteiger partial charge on any atom is 0.231 e. The molecule has 0 spiro atoms. The number of aromatic nitrogens is 2. The van der Waals surface area contributed by atoms with Crippen molar-refractivity contribution in [2.24, 2.45) is 0 Å². The molecule has 0 amide bonds. The molecule has 0 saturated heterocycles. The van der Waals surface area contributed by atoms with Crippen molar-refractivity contribution in [3.8, 4) is 5.88 Å². The van der Waals surface area contributed by atoms with E-state index in [1.54, 1.807) is 6.20 Å². The lowest BCUT2D eigenvalue weighted by molar-refractivity contribution is 0.291. The van der Waals surface area contributed by atoms with Gasteiger partial charge in [-0.3, -0.25) is 0 Å². The second kappa shape index (κ2) is 5.41. The van der Waals surface area contributed by atoms with Crippen LogP contribution in [0.2, 0.25) is 0 Å². The standard InChI is InChI=1S/C11H8Br2N2O/c12-9-3-1-2-8(4-9)6-16-11-10(13)5-14-7-15-11/h1-5,7H,6H2. The van der Waals surface area contributed by atoms with Crippen molar-refractivity contribution < 1.29 is 4.74 Å². The highest BCUT2D eigenvalue weighted by Crippen LogP contribution is 2.21. The van der Waals surface area contributed by atoms with Crippen molar-refractivity contribution in [3.63, 3.8) is 0 Å². The van der Waals surface area contributed by atoms with Crippen LogP contribution >= 0.6 is 31.9 Å². The van der Waals surface area contributed by atoms with Crippen LogP contribution in [0, 0.1) is 0 Å². The van der Waals surface area contributed by atoms with Gasteiger partial charge in [-0.05, 0) is 33.6 Å². The molecular formula is C11H8Br2N2O. The third kappa shape index (κ3) is 3.02. The molecule has 0 saturated carbocycles. The molecule has 3 nitrogen and oxygen atoms in total. The predicted molar refractivity (Wildman–Crippen MR) is 68.2 cm³/mol. The molecule has 5 heteroatoms. The van der Waals surface area contributed by atoms with Gasteiger partial charge in [-0.15, -0.1) is 0 Å². The summed E-state index contributed by atoms with van der Waals surface area (Å²) < 4.78 is 7.35. The van der Waals surface area contributed by atoms with E-state index in [9.17, 15) is 0 Å². The summed E-state index contributed by atoms with van der Waals surface area (Å²) in [4.78, 5) is 7.89. The zero-order valence-corrected chi connectivity index (χ0v) is 11.4. The molecule has 2 aromatic rings. The van der Waals surface area contributed by atoms with Crippen molar-refractivity contribution >= 4 is 31.9 Å². The minimum Gasteiger partial charge on any atom is -0.472 e. The second-order valence-corrected chi connectivity index (χ2v) is 4.86. The molecule has 0 aliphatic heterocycles. The first kappa shape index (κ1) is 11.5. The number of halogens is 2. The van der Waals surface area contributed by atoms with Gasteiger partial charge in [-0.1, -0.05) is 28.1 Å². The molecule has 82 valence electrons. The smallest absolute Gasteiger partial charge is 0.231 e. The van der Waals surface area contributed by atoms with E-state index in [0.29, 0.717) is 12.5 Å². The Morgan fingerprint density at radius 2 is 2.12 bits per heavy atom. The SMILES string of the molecule is Brc1cccc(COc2ncncc2Br)c1. The Morgan fingerprint density at radius 1 is 1.25 bits per heavy atom. The Kier molecular flexibility index (Phi) is 3.90. The van der Waals surface area contributed by atoms with E-state index < -0.39 is 0 Å². The van der Waals surface area contributed by atoms with Crippen molar-refractivity contribution in [2.45, 2.75) is 6.61 Å². The molecule has 0 unspecified atom stereocenters. The summed E-state index contributed by atoms with van der Waals surface area (Å²) in [5, 5.41) is 0. The number of benzene rings is 1. The van der Waals surface area contributed by atoms with Gasteiger partial charge in [0.2, 0.25) is 5.88 Å². The monoisotopic (exact) mass is 342 g/mol. The third-order valence-corrected chi connectivity index (χ3v) is 2.94. The second-order valence-electron chi connectivity index (χ2n) is 3.09. The maximum absolute atomic E-state index is 5.56. The Hall–Kier alpha value is -0.940. The summed E-state index contributed by atoms with van der Waals surface area (Å²) in [5.74, 6) is 0.551. The summed E-state index contributed by atoms with van der Waals surface area (Å²) in [6, 6.07) is 7.96. The summed E-state index contributed by atoms with van der Waals surface area (Å²) >= 11 is 6.74. The molecule has 0 bridgehead atoms. The quantitative estimate of drug-likeness (QED) is 0.854. The van der Waals surface area contributed by atoms with Gasteiger partial charge in [-0.2, -0.15) is 0 Å². The fourth-order valence-electron chi connectivity index (χ4n) is 1.19. The van der Waals surface area contributed by atoms with E-state index in [-0.39, 0.29) is 0 Å². The highest BCUT2D eigenvalue weighted by molar-refractivity contribution is 9.10. The van der Waals surface area contributed by atoms with Crippen LogP contribution in [-0.2, 0) is 6.61 Å². The average Bonchev–Trinajstić information content (AvgIpc) is 2.28. The zero-order valence-electron chi connectivity index (χ0n) is 8.23. The Labute approximate surface area is 110 Å². The van der Waals surface area contributed by atoms with Gasteiger partial charge in [0.1, 0.15) is 12.9 Å². The molecule has 0 fully saturated rings. The minimum absolute atomic E-state index is 0.481. The molecule has 0 N–H and O–H groups in total. The Morgan fingerprint density at radius 3 is 2.88 bits per heavy atom. The van der Waals surface area contributed by atoms with Crippen LogP contribution in [0.5, 0.6) is 5.88 Å². The summed E-state index contributed by atoms with van der Waals surface area (Å²) in [7, 11) is 0. The van der Waals surface area contributed by atoms with Crippen molar-refractivity contribution in [2.75, 3.05) is 0 Å². The Balaban J connectivity index is 2.05. The number of hydrogen-bond donors (Lipinski definition) is 0. The summed E-state index contributed by atoms with van der Waals surface area (Å²) in [5.41, 5.74) is 1.08. The lowest BCUT2D eigenvalue weighted by Gasteiger charge is -2.06. The molecule has 0 radical (unpaired) electrons. The highest BCUT2D eigenvalue weighted by atomic mass is 79.9. The summed E-state index contributed by atoms with van der Waals surface area (Å²) in [6.45, 7) is 0.481. The number of hydrogen-bond acceptors (Lipinski definition) is 3. The fraction of sp³-hybridized carbons (Fsp3) is 0.0909. The number of rotatable bonds is 3. The predicted octanol–water partition coefficient (Wildman–Crippen LogP) is 3.58. The lowest BCUT2D eigenvalue weighted by atomic mass is 10.2. The van der Waals surface area contributed by atoms with Crippen LogP contribution in [0.1, 0.15) is 5.56 Å². The van der Waals surface area contributed by atoms with Crippen LogP contribution in [0.25, 0.3) is 0 Å². The molecule has 16 heavy (non-hydrogen) atoms. The van der Waals surface area contributed by atoms with Crippen molar-refractivity contribution in [3.05, 3.63) is 51.3 Å². The van der Waals surface area contributed by atoms with Gasteiger partial charge < -0.3 is 4.74 Å². The van der Waals surface area contributed by atoms with Crippen LogP contribution in [-0.4, -0.2) is 9.97 Å². The molecular weight excluding hydrogens is 336 g/mol. The molecule has 1 aromatic carbocycles. The highest BCUT2D eigenvalue weighted by Gasteiger charge is 2.02. The van der Waals surface area contributed by atoms with Gasteiger partial charge in [0.15, 0.2) is 0 Å². The fourth-order valence-corrected chi connectivity index (χ4v) is 1.97. The van der Waals surface area contributed by atoms with Crippen LogP contribution in [0.3, 0.4) is 0 Å². The van der Waals surface area contributed by atoms with Gasteiger partial charge in [0.05, 0.1) is 4.47 Å². The molecule has 0 atom stereocenters. The Bertz CT molecular complexity index is 491. The van der Waals surface area contributed by atoms with E-state index in [1.807, 2.05) is 24.3 Å². The van der Waals surface area contributed by atoms with Crippen molar-refractivity contribution in [1.29, 1.82) is 0 Å². The largest absolute Gasteiger partial charge is 0.472 e. The summed E-state index contributed by atoms with van der Waals surface area (Å²) in [6.07, 6.45) is 3.12.